The molecule has 2 aromatic rings. The van der Waals surface area contributed by atoms with Gasteiger partial charge in [0.05, 0.1) is 0 Å². The van der Waals surface area contributed by atoms with Gasteiger partial charge in [-0.2, -0.15) is 0 Å². The first-order valence-corrected chi connectivity index (χ1v) is 8.18. The molecular formula is C18H25N3. The zero-order valence-corrected chi connectivity index (χ0v) is 12.9. The van der Waals surface area contributed by atoms with E-state index in [1.807, 2.05) is 6.20 Å². The largest absolute Gasteiger partial charge is 0.356 e. The second kappa shape index (κ2) is 6.90. The Kier molecular flexibility index (Phi) is 4.71. The summed E-state index contributed by atoms with van der Waals surface area (Å²) in [6.45, 7) is 6.74. The van der Waals surface area contributed by atoms with E-state index >= 15 is 0 Å². The molecule has 0 amide bonds. The molecule has 3 nitrogen and oxygen atoms in total. The summed E-state index contributed by atoms with van der Waals surface area (Å²) in [6.07, 6.45) is 5.75. The molecular weight excluding hydrogens is 258 g/mol. The van der Waals surface area contributed by atoms with Gasteiger partial charge in [0.2, 0.25) is 0 Å². The number of piperidine rings is 1. The first-order chi connectivity index (χ1) is 10.4. The fraction of sp³-hybridized carbons (Fsp3) is 0.500. The van der Waals surface area contributed by atoms with Crippen LogP contribution in [0.25, 0.3) is 10.8 Å². The van der Waals surface area contributed by atoms with Gasteiger partial charge in [-0.3, -0.25) is 0 Å². The van der Waals surface area contributed by atoms with Gasteiger partial charge in [0, 0.05) is 24.7 Å². The highest BCUT2D eigenvalue weighted by atomic mass is 15.2. The summed E-state index contributed by atoms with van der Waals surface area (Å²) < 4.78 is 0. The quantitative estimate of drug-likeness (QED) is 0.852. The topological polar surface area (TPSA) is 28.2 Å². The van der Waals surface area contributed by atoms with Crippen LogP contribution >= 0.6 is 0 Å². The molecule has 1 aromatic heterocycles. The first-order valence-electron chi connectivity index (χ1n) is 8.18. The van der Waals surface area contributed by atoms with Crippen molar-refractivity contribution in [2.45, 2.75) is 26.2 Å². The number of fused-ring (bicyclic) bond motifs is 1. The van der Waals surface area contributed by atoms with Gasteiger partial charge >= 0.3 is 0 Å². The number of nitrogens with one attached hydrogen (secondary N) is 1. The first kappa shape index (κ1) is 14.3. The van der Waals surface area contributed by atoms with Crippen LogP contribution in [0.3, 0.4) is 0 Å². The van der Waals surface area contributed by atoms with E-state index in [9.17, 15) is 0 Å². The van der Waals surface area contributed by atoms with Crippen LogP contribution in [-0.2, 0) is 0 Å². The number of pyridine rings is 1. The summed E-state index contributed by atoms with van der Waals surface area (Å²) in [4.78, 5) is 7.14. The summed E-state index contributed by atoms with van der Waals surface area (Å²) in [5.41, 5.74) is 0. The number of hydrogen-bond acceptors (Lipinski definition) is 3. The van der Waals surface area contributed by atoms with Crippen molar-refractivity contribution in [2.24, 2.45) is 5.92 Å². The average molecular weight is 283 g/mol. The molecule has 0 radical (unpaired) electrons. The summed E-state index contributed by atoms with van der Waals surface area (Å²) in [6, 6.07) is 10.7. The Morgan fingerprint density at radius 1 is 1.29 bits per heavy atom. The van der Waals surface area contributed by atoms with Gasteiger partial charge in [0.25, 0.3) is 0 Å². The highest BCUT2D eigenvalue weighted by Crippen LogP contribution is 2.27. The Morgan fingerprint density at radius 2 is 2.19 bits per heavy atom. The van der Waals surface area contributed by atoms with Crippen LogP contribution in [0.15, 0.2) is 36.5 Å². The summed E-state index contributed by atoms with van der Waals surface area (Å²) >= 11 is 0. The number of hydrogen-bond donors (Lipinski definition) is 1. The van der Waals surface area contributed by atoms with Crippen molar-refractivity contribution in [3.05, 3.63) is 36.5 Å². The lowest BCUT2D eigenvalue weighted by atomic mass is 9.97. The minimum Gasteiger partial charge on any atom is -0.356 e. The summed E-state index contributed by atoms with van der Waals surface area (Å²) in [7, 11) is 0. The lowest BCUT2D eigenvalue weighted by Crippen LogP contribution is -2.40. The lowest BCUT2D eigenvalue weighted by Gasteiger charge is -2.34. The van der Waals surface area contributed by atoms with Crippen LogP contribution in [0.1, 0.15) is 26.2 Å². The van der Waals surface area contributed by atoms with Gasteiger partial charge < -0.3 is 10.2 Å². The zero-order valence-electron chi connectivity index (χ0n) is 12.9. The predicted octanol–water partition coefficient (Wildman–Crippen LogP) is 3.45. The molecule has 1 saturated heterocycles. The molecule has 0 spiro atoms. The van der Waals surface area contributed by atoms with E-state index in [-0.39, 0.29) is 0 Å². The molecule has 3 rings (SSSR count). The SMILES string of the molecule is CCCNCC1CCCN(c2nccc3ccccc23)C1. The molecule has 1 unspecified atom stereocenters. The minimum atomic E-state index is 0.742. The number of nitrogens with zero attached hydrogens (tertiary/aromatic N) is 2. The van der Waals surface area contributed by atoms with E-state index in [4.69, 9.17) is 0 Å². The predicted molar refractivity (Wildman–Crippen MR) is 89.8 cm³/mol. The molecule has 3 heteroatoms. The Morgan fingerprint density at radius 3 is 3.10 bits per heavy atom. The molecule has 1 atom stereocenters. The zero-order chi connectivity index (χ0) is 14.5. The third kappa shape index (κ3) is 3.35. The standard InChI is InChI=1S/C18H25N3/c1-2-10-19-13-15-6-5-12-21(14-15)18-17-8-4-3-7-16(17)9-11-20-18/h3-4,7-9,11,15,19H,2,5-6,10,12-14H2,1H3. The smallest absolute Gasteiger partial charge is 0.136 e. The van der Waals surface area contributed by atoms with E-state index in [1.54, 1.807) is 0 Å². The molecule has 0 saturated carbocycles. The maximum Gasteiger partial charge on any atom is 0.136 e. The monoisotopic (exact) mass is 283 g/mol. The third-order valence-corrected chi connectivity index (χ3v) is 4.33. The Balaban J connectivity index is 1.75. The molecule has 1 N–H and O–H groups in total. The van der Waals surface area contributed by atoms with Crippen LogP contribution in [0.2, 0.25) is 0 Å². The number of rotatable bonds is 5. The Labute approximate surface area is 127 Å². The second-order valence-corrected chi connectivity index (χ2v) is 6.01. The van der Waals surface area contributed by atoms with Crippen LogP contribution in [0, 0.1) is 5.92 Å². The minimum absolute atomic E-state index is 0.742. The average Bonchev–Trinajstić information content (AvgIpc) is 2.55. The normalized spacial score (nSPS) is 19.1. The molecule has 112 valence electrons. The van der Waals surface area contributed by atoms with Gasteiger partial charge in [-0.15, -0.1) is 0 Å². The second-order valence-electron chi connectivity index (χ2n) is 6.01. The number of aromatic nitrogens is 1. The van der Waals surface area contributed by atoms with E-state index < -0.39 is 0 Å². The Hall–Kier alpha value is -1.61. The fourth-order valence-electron chi connectivity index (χ4n) is 3.26. The molecule has 0 bridgehead atoms. The lowest BCUT2D eigenvalue weighted by molar-refractivity contribution is 0.391. The molecule has 2 heterocycles. The van der Waals surface area contributed by atoms with E-state index in [2.05, 4.69) is 52.5 Å². The van der Waals surface area contributed by atoms with Crippen molar-refractivity contribution in [3.8, 4) is 0 Å². The molecule has 1 aliphatic heterocycles. The Bertz CT molecular complexity index is 576. The van der Waals surface area contributed by atoms with Crippen LogP contribution in [-0.4, -0.2) is 31.2 Å². The van der Waals surface area contributed by atoms with E-state index in [0.29, 0.717) is 0 Å². The van der Waals surface area contributed by atoms with Crippen molar-refractivity contribution in [1.82, 2.24) is 10.3 Å². The fourth-order valence-corrected chi connectivity index (χ4v) is 3.26. The molecule has 1 aromatic carbocycles. The third-order valence-electron chi connectivity index (χ3n) is 4.33. The number of benzene rings is 1. The van der Waals surface area contributed by atoms with Gasteiger partial charge in [0.1, 0.15) is 5.82 Å². The van der Waals surface area contributed by atoms with Crippen molar-refractivity contribution < 1.29 is 0 Å². The highest BCUT2D eigenvalue weighted by Gasteiger charge is 2.21. The van der Waals surface area contributed by atoms with E-state index in [0.717, 1.165) is 37.9 Å². The van der Waals surface area contributed by atoms with Crippen molar-refractivity contribution in [1.29, 1.82) is 0 Å². The van der Waals surface area contributed by atoms with Crippen LogP contribution in [0.4, 0.5) is 5.82 Å². The maximum atomic E-state index is 4.67. The van der Waals surface area contributed by atoms with Gasteiger partial charge in [0.15, 0.2) is 0 Å². The highest BCUT2D eigenvalue weighted by molar-refractivity contribution is 5.92. The molecule has 1 aliphatic rings. The number of anilines is 1. The van der Waals surface area contributed by atoms with Crippen LogP contribution in [0.5, 0.6) is 0 Å². The molecule has 1 fully saturated rings. The maximum absolute atomic E-state index is 4.67. The van der Waals surface area contributed by atoms with Crippen molar-refractivity contribution in [2.75, 3.05) is 31.1 Å². The summed E-state index contributed by atoms with van der Waals surface area (Å²) in [5.74, 6) is 1.90. The molecule has 0 aliphatic carbocycles. The molecule has 21 heavy (non-hydrogen) atoms. The van der Waals surface area contributed by atoms with Gasteiger partial charge in [-0.1, -0.05) is 31.2 Å². The summed E-state index contributed by atoms with van der Waals surface area (Å²) in [5, 5.41) is 6.13. The van der Waals surface area contributed by atoms with Gasteiger partial charge in [-0.25, -0.2) is 4.98 Å². The van der Waals surface area contributed by atoms with Crippen LogP contribution < -0.4 is 10.2 Å². The van der Waals surface area contributed by atoms with Crippen molar-refractivity contribution >= 4 is 16.6 Å². The van der Waals surface area contributed by atoms with E-state index in [1.165, 1.54) is 30.0 Å². The van der Waals surface area contributed by atoms with Crippen molar-refractivity contribution in [3.63, 3.8) is 0 Å². The van der Waals surface area contributed by atoms with Gasteiger partial charge in [-0.05, 0) is 49.7 Å².